The fourth-order valence-corrected chi connectivity index (χ4v) is 4.39. The van der Waals surface area contributed by atoms with Gasteiger partial charge in [0.2, 0.25) is 0 Å². The summed E-state index contributed by atoms with van der Waals surface area (Å²) in [6.07, 6.45) is 6.52. The van der Waals surface area contributed by atoms with Gasteiger partial charge in [0.1, 0.15) is 5.01 Å². The van der Waals surface area contributed by atoms with Crippen molar-refractivity contribution in [2.45, 2.75) is 58.2 Å². The Hall–Kier alpha value is -0.490. The fourth-order valence-electron chi connectivity index (χ4n) is 3.24. The van der Waals surface area contributed by atoms with E-state index in [0.29, 0.717) is 0 Å². The lowest BCUT2D eigenvalue weighted by Crippen LogP contribution is -2.35. The number of hydrogen-bond donors (Lipinski definition) is 1. The lowest BCUT2D eigenvalue weighted by molar-refractivity contribution is 0.0341. The lowest BCUT2D eigenvalue weighted by atomic mass is 10.2. The van der Waals surface area contributed by atoms with Crippen LogP contribution in [0.2, 0.25) is 0 Å². The molecule has 1 aromatic heterocycles. The van der Waals surface area contributed by atoms with Crippen molar-refractivity contribution in [3.05, 3.63) is 15.6 Å². The van der Waals surface area contributed by atoms with Crippen molar-refractivity contribution in [3.8, 4) is 0 Å². The average molecular weight is 309 g/mol. The van der Waals surface area contributed by atoms with E-state index in [2.05, 4.69) is 17.1 Å². The molecule has 2 heterocycles. The molecule has 0 unspecified atom stereocenters. The normalized spacial score (nSPS) is 21.2. The Labute approximate surface area is 131 Å². The molecule has 3 rings (SSSR count). The molecular formula is C16H27N3OS. The molecule has 118 valence electrons. The van der Waals surface area contributed by atoms with E-state index in [1.165, 1.54) is 41.3 Å². The van der Waals surface area contributed by atoms with Gasteiger partial charge in [0, 0.05) is 30.6 Å². The second kappa shape index (κ2) is 7.68. The number of thiazole rings is 1. The quantitative estimate of drug-likeness (QED) is 0.876. The summed E-state index contributed by atoms with van der Waals surface area (Å²) in [4.78, 5) is 8.77. The first-order chi connectivity index (χ1) is 10.3. The van der Waals surface area contributed by atoms with Crippen molar-refractivity contribution >= 4 is 11.3 Å². The number of nitrogens with one attached hydrogen (secondary N) is 1. The van der Waals surface area contributed by atoms with Gasteiger partial charge in [0.25, 0.3) is 0 Å². The minimum absolute atomic E-state index is 0.736. The van der Waals surface area contributed by atoms with Gasteiger partial charge in [-0.2, -0.15) is 0 Å². The van der Waals surface area contributed by atoms with Crippen LogP contribution >= 0.6 is 11.3 Å². The number of nitrogens with zero attached hydrogens (tertiary/aromatic N) is 2. The summed E-state index contributed by atoms with van der Waals surface area (Å²) in [6, 6.07) is 0.736. The predicted molar refractivity (Wildman–Crippen MR) is 86.7 cm³/mol. The SMILES string of the molecule is CCc1nc(CN2CCOCC2)sc1CNC1CCCC1. The molecule has 0 amide bonds. The molecule has 0 spiro atoms. The first kappa shape index (κ1) is 15.4. The Morgan fingerprint density at radius 3 is 2.76 bits per heavy atom. The molecular weight excluding hydrogens is 282 g/mol. The number of ether oxygens (including phenoxy) is 1. The van der Waals surface area contributed by atoms with E-state index in [9.17, 15) is 0 Å². The number of morpholine rings is 1. The van der Waals surface area contributed by atoms with Crippen molar-refractivity contribution in [1.82, 2.24) is 15.2 Å². The molecule has 2 fully saturated rings. The summed E-state index contributed by atoms with van der Waals surface area (Å²) in [5.41, 5.74) is 1.30. The molecule has 5 heteroatoms. The molecule has 0 radical (unpaired) electrons. The Bertz CT molecular complexity index is 437. The van der Waals surface area contributed by atoms with E-state index in [1.54, 1.807) is 0 Å². The third kappa shape index (κ3) is 4.25. The highest BCUT2D eigenvalue weighted by Gasteiger charge is 2.18. The van der Waals surface area contributed by atoms with E-state index in [-0.39, 0.29) is 0 Å². The largest absolute Gasteiger partial charge is 0.379 e. The zero-order chi connectivity index (χ0) is 14.5. The maximum atomic E-state index is 5.41. The van der Waals surface area contributed by atoms with Gasteiger partial charge in [-0.05, 0) is 19.3 Å². The van der Waals surface area contributed by atoms with Crippen molar-refractivity contribution in [2.24, 2.45) is 0 Å². The van der Waals surface area contributed by atoms with Gasteiger partial charge >= 0.3 is 0 Å². The summed E-state index contributed by atoms with van der Waals surface area (Å²) in [7, 11) is 0. The predicted octanol–water partition coefficient (Wildman–Crippen LogP) is 2.57. The van der Waals surface area contributed by atoms with Crippen molar-refractivity contribution in [1.29, 1.82) is 0 Å². The first-order valence-corrected chi connectivity index (χ1v) is 9.17. The minimum atomic E-state index is 0.736. The van der Waals surface area contributed by atoms with Crippen LogP contribution in [0.25, 0.3) is 0 Å². The fraction of sp³-hybridized carbons (Fsp3) is 0.812. The second-order valence-corrected chi connectivity index (χ2v) is 7.25. The average Bonchev–Trinajstić information content (AvgIpc) is 3.15. The van der Waals surface area contributed by atoms with E-state index >= 15 is 0 Å². The van der Waals surface area contributed by atoms with E-state index < -0.39 is 0 Å². The molecule has 4 nitrogen and oxygen atoms in total. The topological polar surface area (TPSA) is 37.4 Å². The number of rotatable bonds is 6. The highest BCUT2D eigenvalue weighted by Crippen LogP contribution is 2.23. The first-order valence-electron chi connectivity index (χ1n) is 8.36. The molecule has 0 bridgehead atoms. The van der Waals surface area contributed by atoms with Crippen molar-refractivity contribution in [2.75, 3.05) is 26.3 Å². The molecule has 1 saturated carbocycles. The minimum Gasteiger partial charge on any atom is -0.379 e. The van der Waals surface area contributed by atoms with Crippen LogP contribution in [0.4, 0.5) is 0 Å². The molecule has 1 aromatic rings. The highest BCUT2D eigenvalue weighted by molar-refractivity contribution is 7.11. The summed E-state index contributed by atoms with van der Waals surface area (Å²) >= 11 is 1.91. The standard InChI is InChI=1S/C16H27N3OS/c1-2-14-15(11-17-13-5-3-4-6-13)21-16(18-14)12-19-7-9-20-10-8-19/h13,17H,2-12H2,1H3. The van der Waals surface area contributed by atoms with Gasteiger partial charge in [-0.15, -0.1) is 11.3 Å². The van der Waals surface area contributed by atoms with Crippen LogP contribution in [0.5, 0.6) is 0 Å². The summed E-state index contributed by atoms with van der Waals surface area (Å²) in [5, 5.41) is 5.00. The Balaban J connectivity index is 1.57. The lowest BCUT2D eigenvalue weighted by Gasteiger charge is -2.25. The molecule has 2 aliphatic rings. The van der Waals surface area contributed by atoms with Crippen LogP contribution in [-0.2, 0) is 24.2 Å². The van der Waals surface area contributed by atoms with Gasteiger partial charge in [-0.25, -0.2) is 4.98 Å². The van der Waals surface area contributed by atoms with Gasteiger partial charge < -0.3 is 10.1 Å². The van der Waals surface area contributed by atoms with Crippen molar-refractivity contribution in [3.63, 3.8) is 0 Å². The monoisotopic (exact) mass is 309 g/mol. The molecule has 21 heavy (non-hydrogen) atoms. The van der Waals surface area contributed by atoms with Gasteiger partial charge in [-0.1, -0.05) is 19.8 Å². The van der Waals surface area contributed by atoms with E-state index in [4.69, 9.17) is 9.72 Å². The summed E-state index contributed by atoms with van der Waals surface area (Å²) < 4.78 is 5.41. The number of hydrogen-bond acceptors (Lipinski definition) is 5. The van der Waals surface area contributed by atoms with Crippen LogP contribution in [0.15, 0.2) is 0 Å². The third-order valence-corrected chi connectivity index (χ3v) is 5.61. The van der Waals surface area contributed by atoms with E-state index in [0.717, 1.165) is 51.9 Å². The molecule has 0 aromatic carbocycles. The molecule has 1 N–H and O–H groups in total. The Morgan fingerprint density at radius 1 is 1.29 bits per heavy atom. The summed E-state index contributed by atoms with van der Waals surface area (Å²) in [5.74, 6) is 0. The highest BCUT2D eigenvalue weighted by atomic mass is 32.1. The van der Waals surface area contributed by atoms with Crippen LogP contribution < -0.4 is 5.32 Å². The maximum Gasteiger partial charge on any atom is 0.107 e. The number of aromatic nitrogens is 1. The zero-order valence-electron chi connectivity index (χ0n) is 13.1. The Kier molecular flexibility index (Phi) is 5.63. The maximum absolute atomic E-state index is 5.41. The smallest absolute Gasteiger partial charge is 0.107 e. The van der Waals surface area contributed by atoms with E-state index in [1.807, 2.05) is 11.3 Å². The molecule has 0 atom stereocenters. The second-order valence-electron chi connectivity index (χ2n) is 6.08. The molecule has 1 saturated heterocycles. The Morgan fingerprint density at radius 2 is 2.05 bits per heavy atom. The van der Waals surface area contributed by atoms with Gasteiger partial charge in [0.15, 0.2) is 0 Å². The molecule has 1 aliphatic heterocycles. The van der Waals surface area contributed by atoms with Crippen LogP contribution in [0.1, 0.15) is 48.2 Å². The zero-order valence-corrected chi connectivity index (χ0v) is 13.9. The van der Waals surface area contributed by atoms with Crippen molar-refractivity contribution < 1.29 is 4.74 Å². The van der Waals surface area contributed by atoms with Gasteiger partial charge in [-0.3, -0.25) is 4.90 Å². The van der Waals surface area contributed by atoms with Crippen LogP contribution in [0.3, 0.4) is 0 Å². The van der Waals surface area contributed by atoms with Crippen LogP contribution in [-0.4, -0.2) is 42.2 Å². The molecule has 1 aliphatic carbocycles. The number of aryl methyl sites for hydroxylation is 1. The van der Waals surface area contributed by atoms with Crippen LogP contribution in [0, 0.1) is 0 Å². The summed E-state index contributed by atoms with van der Waals surface area (Å²) in [6.45, 7) is 8.02. The third-order valence-electron chi connectivity index (χ3n) is 4.53. The van der Waals surface area contributed by atoms with Gasteiger partial charge in [0.05, 0.1) is 25.5 Å².